The van der Waals surface area contributed by atoms with Crippen molar-refractivity contribution < 1.29 is 0 Å². The van der Waals surface area contributed by atoms with Gasteiger partial charge in [-0.15, -0.1) is 0 Å². The molecule has 0 bridgehead atoms. The molecule has 0 amide bonds. The normalized spacial score (nSPS) is 11.7. The number of H-pyrrole nitrogens is 1. The third-order valence-electron chi connectivity index (χ3n) is 1.95. The highest BCUT2D eigenvalue weighted by atomic mass is 32.1. The highest BCUT2D eigenvalue weighted by Crippen LogP contribution is 2.17. The summed E-state index contributed by atoms with van der Waals surface area (Å²) in [5, 5.41) is 0. The van der Waals surface area contributed by atoms with Gasteiger partial charge in [0.15, 0.2) is 4.77 Å². The Kier molecular flexibility index (Phi) is 2.43. The van der Waals surface area contributed by atoms with Crippen LogP contribution in [-0.4, -0.2) is 9.55 Å². The lowest BCUT2D eigenvalue weighted by Gasteiger charge is -2.18. The average molecular weight is 198 g/mol. The Balaban J connectivity index is 3.47. The smallest absolute Gasteiger partial charge is 0.254 e. The minimum absolute atomic E-state index is 0.0614. The molecule has 0 unspecified atom stereocenters. The van der Waals surface area contributed by atoms with Crippen LogP contribution in [0.25, 0.3) is 0 Å². The summed E-state index contributed by atoms with van der Waals surface area (Å²) >= 11 is 5.00. The monoisotopic (exact) mass is 198 g/mol. The summed E-state index contributed by atoms with van der Waals surface area (Å²) in [4.78, 5) is 14.4. The highest BCUT2D eigenvalue weighted by molar-refractivity contribution is 7.71. The lowest BCUT2D eigenvalue weighted by atomic mass is 9.92. The zero-order valence-electron chi connectivity index (χ0n) is 8.34. The van der Waals surface area contributed by atoms with E-state index < -0.39 is 0 Å². The van der Waals surface area contributed by atoms with Crippen molar-refractivity contribution in [1.29, 1.82) is 0 Å². The van der Waals surface area contributed by atoms with Gasteiger partial charge in [-0.2, -0.15) is 0 Å². The largest absolute Gasteiger partial charge is 0.335 e. The molecule has 1 aromatic heterocycles. The van der Waals surface area contributed by atoms with E-state index in [1.54, 1.807) is 13.1 Å². The maximum absolute atomic E-state index is 11.4. The fourth-order valence-electron chi connectivity index (χ4n) is 0.960. The van der Waals surface area contributed by atoms with Crippen molar-refractivity contribution in [2.45, 2.75) is 26.2 Å². The molecular weight excluding hydrogens is 184 g/mol. The van der Waals surface area contributed by atoms with Gasteiger partial charge in [0.2, 0.25) is 0 Å². The second kappa shape index (κ2) is 3.10. The molecule has 0 fully saturated rings. The van der Waals surface area contributed by atoms with Gasteiger partial charge >= 0.3 is 0 Å². The van der Waals surface area contributed by atoms with Crippen LogP contribution < -0.4 is 5.56 Å². The van der Waals surface area contributed by atoms with Crippen LogP contribution in [0, 0.1) is 4.77 Å². The number of rotatable bonds is 0. The van der Waals surface area contributed by atoms with Gasteiger partial charge in [0.05, 0.1) is 0 Å². The maximum Gasteiger partial charge on any atom is 0.254 e. The SMILES string of the molecule is Cn1c(=O)cc(C(C)(C)C)[nH]c1=S. The van der Waals surface area contributed by atoms with Crippen LogP contribution in [0.5, 0.6) is 0 Å². The van der Waals surface area contributed by atoms with Gasteiger partial charge in [-0.25, -0.2) is 0 Å². The first-order valence-corrected chi connectivity index (χ1v) is 4.54. The van der Waals surface area contributed by atoms with Crippen molar-refractivity contribution in [2.75, 3.05) is 0 Å². The van der Waals surface area contributed by atoms with E-state index in [2.05, 4.69) is 4.98 Å². The number of aromatic nitrogens is 2. The number of nitrogens with zero attached hydrogens (tertiary/aromatic N) is 1. The van der Waals surface area contributed by atoms with E-state index in [4.69, 9.17) is 12.2 Å². The number of nitrogens with one attached hydrogen (secondary N) is 1. The quantitative estimate of drug-likeness (QED) is 0.645. The first kappa shape index (κ1) is 10.2. The van der Waals surface area contributed by atoms with Gasteiger partial charge in [-0.05, 0) is 12.2 Å². The molecule has 0 spiro atoms. The van der Waals surface area contributed by atoms with Gasteiger partial charge in [0.1, 0.15) is 0 Å². The topological polar surface area (TPSA) is 37.8 Å². The molecule has 0 saturated carbocycles. The number of hydrogen-bond donors (Lipinski definition) is 1. The summed E-state index contributed by atoms with van der Waals surface area (Å²) in [5.41, 5.74) is 0.746. The van der Waals surface area contributed by atoms with Crippen molar-refractivity contribution in [3.63, 3.8) is 0 Å². The van der Waals surface area contributed by atoms with Crippen molar-refractivity contribution >= 4 is 12.2 Å². The van der Waals surface area contributed by atoms with Gasteiger partial charge in [-0.3, -0.25) is 9.36 Å². The van der Waals surface area contributed by atoms with Crippen LogP contribution in [0.1, 0.15) is 26.5 Å². The van der Waals surface area contributed by atoms with Crippen LogP contribution >= 0.6 is 12.2 Å². The summed E-state index contributed by atoms with van der Waals surface area (Å²) in [6, 6.07) is 1.59. The molecule has 0 aliphatic carbocycles. The van der Waals surface area contributed by atoms with Crippen molar-refractivity contribution in [2.24, 2.45) is 7.05 Å². The van der Waals surface area contributed by atoms with Crippen LogP contribution in [0.2, 0.25) is 0 Å². The van der Waals surface area contributed by atoms with Crippen molar-refractivity contribution in [1.82, 2.24) is 9.55 Å². The molecule has 0 saturated heterocycles. The summed E-state index contributed by atoms with van der Waals surface area (Å²) < 4.78 is 1.89. The first-order valence-electron chi connectivity index (χ1n) is 4.13. The van der Waals surface area contributed by atoms with Gasteiger partial charge < -0.3 is 4.98 Å². The van der Waals surface area contributed by atoms with Crippen molar-refractivity contribution in [3.05, 3.63) is 26.9 Å². The van der Waals surface area contributed by atoms with Gasteiger partial charge in [0, 0.05) is 24.2 Å². The lowest BCUT2D eigenvalue weighted by molar-refractivity contribution is 0.558. The molecule has 0 aliphatic heterocycles. The molecular formula is C9H14N2OS. The summed E-state index contributed by atoms with van der Waals surface area (Å²) in [6.45, 7) is 6.10. The van der Waals surface area contributed by atoms with E-state index in [9.17, 15) is 4.79 Å². The first-order chi connectivity index (χ1) is 5.82. The zero-order chi connectivity index (χ0) is 10.2. The minimum atomic E-state index is -0.0685. The third-order valence-corrected chi connectivity index (χ3v) is 2.33. The molecule has 0 aliphatic rings. The van der Waals surface area contributed by atoms with Crippen LogP contribution in [-0.2, 0) is 12.5 Å². The molecule has 1 rings (SSSR count). The molecule has 4 heteroatoms. The lowest BCUT2D eigenvalue weighted by Crippen LogP contribution is -2.24. The highest BCUT2D eigenvalue weighted by Gasteiger charge is 2.15. The third kappa shape index (κ3) is 2.06. The van der Waals surface area contributed by atoms with E-state index in [1.165, 1.54) is 4.57 Å². The predicted octanol–water partition coefficient (Wildman–Crippen LogP) is 1.74. The molecule has 0 aromatic carbocycles. The van der Waals surface area contributed by atoms with E-state index in [0.717, 1.165) is 5.69 Å². The van der Waals surface area contributed by atoms with Crippen LogP contribution in [0.15, 0.2) is 10.9 Å². The fourth-order valence-corrected chi connectivity index (χ4v) is 1.16. The van der Waals surface area contributed by atoms with E-state index in [0.29, 0.717) is 4.77 Å². The van der Waals surface area contributed by atoms with E-state index in [1.807, 2.05) is 20.8 Å². The molecule has 3 nitrogen and oxygen atoms in total. The molecule has 0 radical (unpaired) electrons. The Hall–Kier alpha value is -0.900. The molecule has 0 atom stereocenters. The number of aromatic amines is 1. The second-order valence-corrected chi connectivity index (χ2v) is 4.52. The summed E-state index contributed by atoms with van der Waals surface area (Å²) in [7, 11) is 1.66. The molecule has 1 N–H and O–H groups in total. The van der Waals surface area contributed by atoms with Crippen LogP contribution in [0.4, 0.5) is 0 Å². The zero-order valence-corrected chi connectivity index (χ0v) is 9.16. The number of hydrogen-bond acceptors (Lipinski definition) is 2. The van der Waals surface area contributed by atoms with Crippen LogP contribution in [0.3, 0.4) is 0 Å². The fraction of sp³-hybridized carbons (Fsp3) is 0.556. The Morgan fingerprint density at radius 2 is 2.00 bits per heavy atom. The minimum Gasteiger partial charge on any atom is -0.335 e. The average Bonchev–Trinajstić information content (AvgIpc) is 1.97. The maximum atomic E-state index is 11.4. The van der Waals surface area contributed by atoms with Crippen molar-refractivity contribution in [3.8, 4) is 0 Å². The standard InChI is InChI=1S/C9H14N2OS/c1-9(2,3)6-5-7(12)11(4)8(13)10-6/h5H,1-4H3,(H,10,13). The predicted molar refractivity (Wildman–Crippen MR) is 55.6 cm³/mol. The second-order valence-electron chi connectivity index (χ2n) is 4.14. The Bertz CT molecular complexity index is 391. The Labute approximate surface area is 82.4 Å². The Morgan fingerprint density at radius 1 is 1.46 bits per heavy atom. The molecule has 72 valence electrons. The summed E-state index contributed by atoms with van der Waals surface area (Å²) in [5.74, 6) is 0. The molecule has 1 aromatic rings. The Morgan fingerprint density at radius 3 is 2.38 bits per heavy atom. The molecule has 13 heavy (non-hydrogen) atoms. The van der Waals surface area contributed by atoms with E-state index >= 15 is 0 Å². The van der Waals surface area contributed by atoms with Gasteiger partial charge in [-0.1, -0.05) is 20.8 Å². The molecule has 1 heterocycles. The van der Waals surface area contributed by atoms with Gasteiger partial charge in [0.25, 0.3) is 5.56 Å². The summed E-state index contributed by atoms with van der Waals surface area (Å²) in [6.07, 6.45) is 0. The van der Waals surface area contributed by atoms with E-state index in [-0.39, 0.29) is 11.0 Å².